The largest absolute Gasteiger partial charge is 0.507 e. The van der Waals surface area contributed by atoms with Crippen LogP contribution in [0.4, 0.5) is 10.2 Å². The minimum absolute atomic E-state index is 0.0877. The molecule has 4 rings (SSSR count). The van der Waals surface area contributed by atoms with Crippen LogP contribution in [0.15, 0.2) is 42.7 Å². The van der Waals surface area contributed by atoms with Gasteiger partial charge >= 0.3 is 0 Å². The van der Waals surface area contributed by atoms with Gasteiger partial charge in [0.25, 0.3) is 0 Å². The number of hydrogen-bond donors (Lipinski definition) is 2. The quantitative estimate of drug-likeness (QED) is 0.586. The van der Waals surface area contributed by atoms with E-state index < -0.39 is 6.17 Å². The molecule has 7 nitrogen and oxygen atoms in total. The molecule has 168 valence electrons. The molecule has 0 radical (unpaired) electrons. The molecule has 0 aliphatic heterocycles. The third kappa shape index (κ3) is 4.70. The molecule has 3 atom stereocenters. The molecule has 2 N–H and O–H groups in total. The maximum atomic E-state index is 14.8. The molecule has 0 spiro atoms. The first-order chi connectivity index (χ1) is 15.5. The Kier molecular flexibility index (Phi) is 6.60. The lowest BCUT2D eigenvalue weighted by Crippen LogP contribution is -2.43. The number of aromatic hydroxyl groups is 1. The van der Waals surface area contributed by atoms with Crippen molar-refractivity contribution in [1.82, 2.24) is 25.5 Å². The van der Waals surface area contributed by atoms with Crippen LogP contribution in [0.25, 0.3) is 22.5 Å². The molecule has 2 aromatic heterocycles. The molecule has 0 bridgehead atoms. The van der Waals surface area contributed by atoms with Crippen molar-refractivity contribution in [3.63, 3.8) is 0 Å². The molecular weight excluding hydrogens is 407 g/mol. The first-order valence-corrected chi connectivity index (χ1v) is 11.0. The van der Waals surface area contributed by atoms with Gasteiger partial charge in [0, 0.05) is 30.4 Å². The Bertz CT molecular complexity index is 1040. The second kappa shape index (κ2) is 9.56. The number of phenols is 1. The summed E-state index contributed by atoms with van der Waals surface area (Å²) in [6.07, 6.45) is 5.61. The molecule has 8 heteroatoms. The van der Waals surface area contributed by atoms with Gasteiger partial charge < -0.3 is 15.3 Å². The Morgan fingerprint density at radius 3 is 2.56 bits per heavy atom. The molecule has 1 aliphatic rings. The van der Waals surface area contributed by atoms with Crippen molar-refractivity contribution in [3.8, 4) is 28.3 Å². The molecule has 3 aromatic rings. The van der Waals surface area contributed by atoms with Gasteiger partial charge in [0.1, 0.15) is 11.9 Å². The maximum Gasteiger partial charge on any atom is 0.151 e. The van der Waals surface area contributed by atoms with E-state index in [0.717, 1.165) is 30.5 Å². The summed E-state index contributed by atoms with van der Waals surface area (Å²) in [6.45, 7) is 1.87. The molecule has 0 amide bonds. The van der Waals surface area contributed by atoms with Gasteiger partial charge in [-0.05, 0) is 63.9 Å². The van der Waals surface area contributed by atoms with Crippen LogP contribution in [0.2, 0.25) is 0 Å². The van der Waals surface area contributed by atoms with Crippen LogP contribution in [0.5, 0.6) is 5.75 Å². The van der Waals surface area contributed by atoms with Gasteiger partial charge in [-0.2, -0.15) is 0 Å². The van der Waals surface area contributed by atoms with E-state index in [2.05, 4.69) is 25.5 Å². The van der Waals surface area contributed by atoms with Crippen molar-refractivity contribution < 1.29 is 9.50 Å². The van der Waals surface area contributed by atoms with Crippen molar-refractivity contribution in [2.45, 2.75) is 50.9 Å². The first kappa shape index (κ1) is 22.1. The third-order valence-corrected chi connectivity index (χ3v) is 6.24. The normalized spacial score (nSPS) is 21.2. The van der Waals surface area contributed by atoms with E-state index in [0.29, 0.717) is 35.2 Å². The zero-order chi connectivity index (χ0) is 22.7. The van der Waals surface area contributed by atoms with Gasteiger partial charge in [-0.15, -0.1) is 10.2 Å². The number of aryl methyl sites for hydroxylation is 1. The summed E-state index contributed by atoms with van der Waals surface area (Å²) >= 11 is 0. The fraction of sp³-hybridized carbons (Fsp3) is 0.417. The number of halogens is 1. The van der Waals surface area contributed by atoms with Crippen molar-refractivity contribution in [2.75, 3.05) is 19.0 Å². The summed E-state index contributed by atoms with van der Waals surface area (Å²) in [5.74, 6) is 0.703. The molecular formula is C24H29FN6O. The van der Waals surface area contributed by atoms with Crippen molar-refractivity contribution in [1.29, 1.82) is 0 Å². The van der Waals surface area contributed by atoms with E-state index in [4.69, 9.17) is 0 Å². The van der Waals surface area contributed by atoms with Gasteiger partial charge in [-0.3, -0.25) is 9.97 Å². The van der Waals surface area contributed by atoms with Crippen molar-refractivity contribution >= 4 is 5.82 Å². The summed E-state index contributed by atoms with van der Waals surface area (Å²) in [5, 5.41) is 22.5. The molecule has 1 aliphatic carbocycles. The minimum Gasteiger partial charge on any atom is -0.507 e. The third-order valence-electron chi connectivity index (χ3n) is 6.24. The average molecular weight is 437 g/mol. The van der Waals surface area contributed by atoms with Gasteiger partial charge in [0.05, 0.1) is 29.3 Å². The van der Waals surface area contributed by atoms with E-state index in [9.17, 15) is 9.50 Å². The highest BCUT2D eigenvalue weighted by atomic mass is 19.1. The lowest BCUT2D eigenvalue weighted by atomic mass is 10.0. The number of benzene rings is 1. The van der Waals surface area contributed by atoms with Gasteiger partial charge in [0.15, 0.2) is 5.82 Å². The second-order valence-corrected chi connectivity index (χ2v) is 8.40. The summed E-state index contributed by atoms with van der Waals surface area (Å²) in [5.41, 5.74) is 3.41. The highest BCUT2D eigenvalue weighted by Gasteiger charge is 2.31. The summed E-state index contributed by atoms with van der Waals surface area (Å²) < 4.78 is 14.8. The molecule has 2 heterocycles. The van der Waals surface area contributed by atoms with E-state index in [1.807, 2.05) is 38.1 Å². The van der Waals surface area contributed by atoms with E-state index in [1.165, 1.54) is 0 Å². The molecule has 32 heavy (non-hydrogen) atoms. The van der Waals surface area contributed by atoms with Crippen LogP contribution in [0, 0.1) is 6.92 Å². The monoisotopic (exact) mass is 436 g/mol. The van der Waals surface area contributed by atoms with Gasteiger partial charge in [-0.1, -0.05) is 6.07 Å². The fourth-order valence-electron chi connectivity index (χ4n) is 4.25. The van der Waals surface area contributed by atoms with Crippen molar-refractivity contribution in [3.05, 3.63) is 48.4 Å². The van der Waals surface area contributed by atoms with E-state index in [1.54, 1.807) is 30.6 Å². The van der Waals surface area contributed by atoms with Crippen LogP contribution in [-0.4, -0.2) is 57.6 Å². The number of alkyl halides is 1. The minimum atomic E-state index is -0.902. The van der Waals surface area contributed by atoms with E-state index >= 15 is 0 Å². The highest BCUT2D eigenvalue weighted by Crippen LogP contribution is 2.32. The number of nitrogens with zero attached hydrogens (tertiary/aromatic N) is 5. The Morgan fingerprint density at radius 1 is 1.06 bits per heavy atom. The van der Waals surface area contributed by atoms with Crippen molar-refractivity contribution in [2.24, 2.45) is 0 Å². The standard InChI is InChI=1S/C24H29FN6O/c1-15-13-28-21(14-27-15)16-7-8-18(23(32)11-16)20-9-10-24(30-29-20)31(3)22-12-17(26-2)5-4-6-19(22)25/h7-11,13-14,17,19,22,26,32H,4-6,12H2,1-3H3/t17-,19+,22-/m0/s1. The zero-order valence-electron chi connectivity index (χ0n) is 18.7. The zero-order valence-corrected chi connectivity index (χ0v) is 18.7. The number of nitrogens with one attached hydrogen (secondary N) is 1. The summed E-state index contributed by atoms with van der Waals surface area (Å²) in [7, 11) is 3.80. The Morgan fingerprint density at radius 2 is 1.91 bits per heavy atom. The van der Waals surface area contributed by atoms with E-state index in [-0.39, 0.29) is 11.8 Å². The van der Waals surface area contributed by atoms with Crippen LogP contribution >= 0.6 is 0 Å². The predicted octanol–water partition coefficient (Wildman–Crippen LogP) is 3.92. The number of phenolic OH excluding ortho intramolecular Hbond substituents is 1. The SMILES string of the molecule is CN[C@H]1CCC[C@@H](F)[C@@H](N(C)c2ccc(-c3ccc(-c4cnc(C)cn4)cc3O)nn2)C1. The number of hydrogen-bond acceptors (Lipinski definition) is 7. The van der Waals surface area contributed by atoms with Gasteiger partial charge in [0.2, 0.25) is 0 Å². The van der Waals surface area contributed by atoms with Crippen LogP contribution in [0.3, 0.4) is 0 Å². The Balaban J connectivity index is 1.53. The van der Waals surface area contributed by atoms with Crippen LogP contribution < -0.4 is 10.2 Å². The fourth-order valence-corrected chi connectivity index (χ4v) is 4.25. The van der Waals surface area contributed by atoms with Gasteiger partial charge in [-0.25, -0.2) is 4.39 Å². The Hall–Kier alpha value is -3.13. The van der Waals surface area contributed by atoms with Crippen LogP contribution in [0.1, 0.15) is 31.4 Å². The summed E-state index contributed by atoms with van der Waals surface area (Å²) in [4.78, 5) is 10.5. The number of anilines is 1. The maximum absolute atomic E-state index is 14.8. The van der Waals surface area contributed by atoms with Crippen LogP contribution in [-0.2, 0) is 0 Å². The Labute approximate surface area is 187 Å². The summed E-state index contributed by atoms with van der Waals surface area (Å²) in [6, 6.07) is 8.98. The molecule has 1 saturated carbocycles. The lowest BCUT2D eigenvalue weighted by Gasteiger charge is -2.31. The molecule has 0 unspecified atom stereocenters. The molecule has 1 fully saturated rings. The number of aromatic nitrogens is 4. The predicted molar refractivity (Wildman–Crippen MR) is 123 cm³/mol. The smallest absolute Gasteiger partial charge is 0.151 e. The number of rotatable bonds is 5. The first-order valence-electron chi connectivity index (χ1n) is 11.0. The second-order valence-electron chi connectivity index (χ2n) is 8.40. The molecule has 0 saturated heterocycles. The molecule has 1 aromatic carbocycles. The lowest BCUT2D eigenvalue weighted by molar-refractivity contribution is 0.257. The topological polar surface area (TPSA) is 87.1 Å². The highest BCUT2D eigenvalue weighted by molar-refractivity contribution is 5.72. The average Bonchev–Trinajstić information content (AvgIpc) is 3.00.